The van der Waals surface area contributed by atoms with Gasteiger partial charge in [0.15, 0.2) is 0 Å². The van der Waals surface area contributed by atoms with E-state index >= 15 is 0 Å². The Balaban J connectivity index is 2.01. The molecule has 2 rings (SSSR count). The minimum atomic E-state index is 0.471. The van der Waals surface area contributed by atoms with Gasteiger partial charge in [-0.25, -0.2) is 0 Å². The number of piperazine rings is 1. The zero-order valence-electron chi connectivity index (χ0n) is 10.7. The summed E-state index contributed by atoms with van der Waals surface area (Å²) in [6.07, 6.45) is 10.3. The average molecular weight is 222 g/mol. The number of hydrogen-bond acceptors (Lipinski definition) is 2. The summed E-state index contributed by atoms with van der Waals surface area (Å²) in [5.74, 6) is 0. The van der Waals surface area contributed by atoms with E-state index < -0.39 is 0 Å². The van der Waals surface area contributed by atoms with Gasteiger partial charge in [-0.05, 0) is 19.3 Å². The van der Waals surface area contributed by atoms with Gasteiger partial charge in [-0.3, -0.25) is 4.90 Å². The molecule has 0 radical (unpaired) electrons. The fourth-order valence-electron chi connectivity index (χ4n) is 3.46. The zero-order chi connectivity index (χ0) is 11.4. The number of rotatable bonds is 4. The van der Waals surface area contributed by atoms with Crippen LogP contribution in [0.5, 0.6) is 0 Å². The lowest BCUT2D eigenvalue weighted by atomic mass is 9.90. The topological polar surface area (TPSA) is 15.3 Å². The monoisotopic (exact) mass is 222 g/mol. The third-order valence-corrected chi connectivity index (χ3v) is 4.35. The average Bonchev–Trinajstić information content (AvgIpc) is 2.74. The molecule has 2 aliphatic rings. The van der Waals surface area contributed by atoms with Crippen LogP contribution in [0.4, 0.5) is 0 Å². The summed E-state index contributed by atoms with van der Waals surface area (Å²) in [4.78, 5) is 2.70. The van der Waals surface area contributed by atoms with Gasteiger partial charge in [0.1, 0.15) is 0 Å². The Labute approximate surface area is 100 Å². The normalized spacial score (nSPS) is 29.7. The molecule has 1 aliphatic heterocycles. The van der Waals surface area contributed by atoms with Gasteiger partial charge in [0.05, 0.1) is 0 Å². The van der Waals surface area contributed by atoms with Gasteiger partial charge in [0, 0.05) is 31.2 Å². The van der Waals surface area contributed by atoms with E-state index in [0.29, 0.717) is 11.6 Å². The van der Waals surface area contributed by atoms with Crippen molar-refractivity contribution >= 4 is 0 Å². The molecule has 0 amide bonds. The highest BCUT2D eigenvalue weighted by atomic mass is 15.3. The first kappa shape index (κ1) is 12.1. The molecule has 1 heterocycles. The van der Waals surface area contributed by atoms with Crippen molar-refractivity contribution in [2.24, 2.45) is 0 Å². The van der Waals surface area contributed by atoms with Crippen molar-refractivity contribution in [2.75, 3.05) is 19.6 Å². The first-order chi connectivity index (χ1) is 7.80. The predicted molar refractivity (Wildman–Crippen MR) is 69.7 cm³/mol. The van der Waals surface area contributed by atoms with Crippen molar-refractivity contribution in [2.45, 2.75) is 57.0 Å². The van der Waals surface area contributed by atoms with Crippen molar-refractivity contribution in [1.82, 2.24) is 10.2 Å². The van der Waals surface area contributed by atoms with Crippen LogP contribution in [0.3, 0.4) is 0 Å². The van der Waals surface area contributed by atoms with E-state index in [-0.39, 0.29) is 0 Å². The van der Waals surface area contributed by atoms with Crippen LogP contribution in [0, 0.1) is 0 Å². The van der Waals surface area contributed by atoms with Crippen molar-refractivity contribution in [3.05, 3.63) is 12.7 Å². The Morgan fingerprint density at radius 2 is 2.19 bits per heavy atom. The highest BCUT2D eigenvalue weighted by Gasteiger charge is 2.42. The summed E-state index contributed by atoms with van der Waals surface area (Å²) in [7, 11) is 0. The summed E-state index contributed by atoms with van der Waals surface area (Å²) in [5, 5.41) is 3.77. The first-order valence-corrected chi connectivity index (χ1v) is 6.90. The minimum absolute atomic E-state index is 0.471. The molecule has 2 nitrogen and oxygen atoms in total. The Morgan fingerprint density at radius 1 is 1.44 bits per heavy atom. The van der Waals surface area contributed by atoms with E-state index in [1.807, 2.05) is 0 Å². The maximum Gasteiger partial charge on any atom is 0.0338 e. The van der Waals surface area contributed by atoms with Crippen LogP contribution in [0.2, 0.25) is 0 Å². The highest BCUT2D eigenvalue weighted by Crippen LogP contribution is 2.37. The molecule has 16 heavy (non-hydrogen) atoms. The summed E-state index contributed by atoms with van der Waals surface area (Å²) < 4.78 is 0. The molecule has 92 valence electrons. The molecule has 1 saturated carbocycles. The lowest BCUT2D eigenvalue weighted by Crippen LogP contribution is -2.63. The molecule has 0 aromatic rings. The van der Waals surface area contributed by atoms with Gasteiger partial charge in [-0.15, -0.1) is 6.58 Å². The SMILES string of the molecule is C=CCN1CC(CCC)NCC12CCCC2. The van der Waals surface area contributed by atoms with Crippen LogP contribution in [-0.4, -0.2) is 36.1 Å². The van der Waals surface area contributed by atoms with Crippen LogP contribution in [0.15, 0.2) is 12.7 Å². The van der Waals surface area contributed by atoms with Crippen molar-refractivity contribution in [3.63, 3.8) is 0 Å². The molecule has 1 spiro atoms. The molecule has 0 aromatic carbocycles. The molecule has 1 unspecified atom stereocenters. The number of nitrogens with zero attached hydrogens (tertiary/aromatic N) is 1. The third-order valence-electron chi connectivity index (χ3n) is 4.35. The smallest absolute Gasteiger partial charge is 0.0338 e. The summed E-state index contributed by atoms with van der Waals surface area (Å²) in [6, 6.07) is 0.705. The van der Waals surface area contributed by atoms with Gasteiger partial charge in [0.2, 0.25) is 0 Å². The largest absolute Gasteiger partial charge is 0.311 e. The molecule has 1 N–H and O–H groups in total. The molecule has 1 atom stereocenters. The summed E-state index contributed by atoms with van der Waals surface area (Å²) in [6.45, 7) is 9.69. The minimum Gasteiger partial charge on any atom is -0.311 e. The molecule has 0 aromatic heterocycles. The Kier molecular flexibility index (Phi) is 4.04. The van der Waals surface area contributed by atoms with Crippen molar-refractivity contribution in [3.8, 4) is 0 Å². The summed E-state index contributed by atoms with van der Waals surface area (Å²) >= 11 is 0. The van der Waals surface area contributed by atoms with Gasteiger partial charge in [0.25, 0.3) is 0 Å². The second kappa shape index (κ2) is 5.33. The maximum absolute atomic E-state index is 3.92. The fraction of sp³-hybridized carbons (Fsp3) is 0.857. The lowest BCUT2D eigenvalue weighted by Gasteiger charge is -2.48. The number of hydrogen-bond donors (Lipinski definition) is 1. The van der Waals surface area contributed by atoms with Gasteiger partial charge in [-0.2, -0.15) is 0 Å². The van der Waals surface area contributed by atoms with E-state index in [0.717, 1.165) is 6.54 Å². The molecule has 2 heteroatoms. The molecule has 1 aliphatic carbocycles. The zero-order valence-corrected chi connectivity index (χ0v) is 10.7. The number of nitrogens with one attached hydrogen (secondary N) is 1. The van der Waals surface area contributed by atoms with Crippen LogP contribution in [0.25, 0.3) is 0 Å². The van der Waals surface area contributed by atoms with Crippen LogP contribution in [-0.2, 0) is 0 Å². The predicted octanol–water partition coefficient (Wildman–Crippen LogP) is 2.56. The summed E-state index contributed by atoms with van der Waals surface area (Å²) in [5.41, 5.74) is 0.471. The standard InChI is InChI=1S/C14H26N2/c1-3-7-13-11-16(10-4-2)14(12-15-13)8-5-6-9-14/h4,13,15H,2-3,5-12H2,1H3. The second-order valence-electron chi connectivity index (χ2n) is 5.49. The lowest BCUT2D eigenvalue weighted by molar-refractivity contribution is 0.0522. The van der Waals surface area contributed by atoms with E-state index in [9.17, 15) is 0 Å². The van der Waals surface area contributed by atoms with Crippen LogP contribution < -0.4 is 5.32 Å². The maximum atomic E-state index is 3.92. The Morgan fingerprint density at radius 3 is 2.81 bits per heavy atom. The Hall–Kier alpha value is -0.340. The highest BCUT2D eigenvalue weighted by molar-refractivity contribution is 5.03. The van der Waals surface area contributed by atoms with Crippen molar-refractivity contribution < 1.29 is 0 Å². The van der Waals surface area contributed by atoms with Crippen LogP contribution >= 0.6 is 0 Å². The molecular formula is C14H26N2. The van der Waals surface area contributed by atoms with E-state index in [1.54, 1.807) is 0 Å². The van der Waals surface area contributed by atoms with Gasteiger partial charge >= 0.3 is 0 Å². The van der Waals surface area contributed by atoms with Crippen molar-refractivity contribution in [1.29, 1.82) is 0 Å². The molecule has 2 fully saturated rings. The van der Waals surface area contributed by atoms with Gasteiger partial charge < -0.3 is 5.32 Å². The molecular weight excluding hydrogens is 196 g/mol. The van der Waals surface area contributed by atoms with Gasteiger partial charge in [-0.1, -0.05) is 32.3 Å². The second-order valence-corrected chi connectivity index (χ2v) is 5.49. The van der Waals surface area contributed by atoms with Crippen LogP contribution in [0.1, 0.15) is 45.4 Å². The van der Waals surface area contributed by atoms with E-state index in [1.165, 1.54) is 51.6 Å². The van der Waals surface area contributed by atoms with E-state index in [2.05, 4.69) is 29.8 Å². The third kappa shape index (κ3) is 2.33. The first-order valence-electron chi connectivity index (χ1n) is 6.90. The molecule has 1 saturated heterocycles. The quantitative estimate of drug-likeness (QED) is 0.735. The molecule has 0 bridgehead atoms. The van der Waals surface area contributed by atoms with E-state index in [4.69, 9.17) is 0 Å². The Bertz CT molecular complexity index is 231. The fourth-order valence-corrected chi connectivity index (χ4v) is 3.46.